The number of anilines is 1. The Bertz CT molecular complexity index is 660. The number of carbonyl (C=O) groups excluding carboxylic acids is 1. The van der Waals surface area contributed by atoms with E-state index in [1.165, 1.54) is 19.3 Å². The van der Waals surface area contributed by atoms with Gasteiger partial charge in [-0.25, -0.2) is 0 Å². The van der Waals surface area contributed by atoms with Gasteiger partial charge in [-0.3, -0.25) is 4.79 Å². The first-order chi connectivity index (χ1) is 9.22. The first kappa shape index (κ1) is 10.9. The molecule has 3 N–H and O–H groups in total. The molecule has 1 amide bonds. The van der Waals surface area contributed by atoms with Crippen LogP contribution in [0.25, 0.3) is 10.9 Å². The number of nitrogens with one attached hydrogen (secondary N) is 1. The Morgan fingerprint density at radius 1 is 1.37 bits per heavy atom. The van der Waals surface area contributed by atoms with Crippen LogP contribution >= 0.6 is 0 Å². The second kappa shape index (κ2) is 3.76. The van der Waals surface area contributed by atoms with Crippen molar-refractivity contribution < 1.29 is 4.79 Å². The van der Waals surface area contributed by atoms with E-state index < -0.39 is 0 Å². The van der Waals surface area contributed by atoms with Crippen LogP contribution in [0.1, 0.15) is 29.6 Å². The highest BCUT2D eigenvalue weighted by Crippen LogP contribution is 2.38. The van der Waals surface area contributed by atoms with Crippen LogP contribution in [0.3, 0.4) is 0 Å². The minimum absolute atomic E-state index is 0.170. The topological polar surface area (TPSA) is 62.1 Å². The van der Waals surface area contributed by atoms with Gasteiger partial charge < -0.3 is 15.6 Å². The van der Waals surface area contributed by atoms with E-state index in [0.29, 0.717) is 11.7 Å². The third-order valence-corrected chi connectivity index (χ3v) is 4.61. The van der Waals surface area contributed by atoms with Gasteiger partial charge in [0.25, 0.3) is 5.91 Å². The Hall–Kier alpha value is -1.97. The third kappa shape index (κ3) is 1.56. The molecule has 1 aliphatic carbocycles. The SMILES string of the molecule is Nc1ccc2c(C(=O)N3CC4CCC3C4)c[nH]c2c1. The molecular weight excluding hydrogens is 238 g/mol. The fourth-order valence-corrected chi connectivity index (χ4v) is 3.65. The molecule has 1 saturated heterocycles. The molecule has 1 saturated carbocycles. The van der Waals surface area contributed by atoms with E-state index in [0.717, 1.165) is 28.9 Å². The molecule has 2 atom stereocenters. The molecule has 4 nitrogen and oxygen atoms in total. The van der Waals surface area contributed by atoms with Gasteiger partial charge in [-0.15, -0.1) is 0 Å². The molecular formula is C15H17N3O. The quantitative estimate of drug-likeness (QED) is 0.768. The van der Waals surface area contributed by atoms with Crippen LogP contribution in [-0.2, 0) is 0 Å². The first-order valence-electron chi connectivity index (χ1n) is 6.90. The lowest BCUT2D eigenvalue weighted by molar-refractivity contribution is 0.0705. The smallest absolute Gasteiger partial charge is 0.256 e. The van der Waals surface area contributed by atoms with E-state index in [1.807, 2.05) is 24.4 Å². The van der Waals surface area contributed by atoms with E-state index >= 15 is 0 Å². The summed E-state index contributed by atoms with van der Waals surface area (Å²) in [6.45, 7) is 0.936. The minimum Gasteiger partial charge on any atom is -0.399 e. The Morgan fingerprint density at radius 3 is 3.00 bits per heavy atom. The number of hydrogen-bond donors (Lipinski definition) is 2. The number of benzene rings is 1. The maximum atomic E-state index is 12.7. The van der Waals surface area contributed by atoms with Gasteiger partial charge >= 0.3 is 0 Å². The first-order valence-corrected chi connectivity index (χ1v) is 6.90. The number of aromatic nitrogens is 1. The number of nitrogen functional groups attached to an aromatic ring is 1. The highest BCUT2D eigenvalue weighted by atomic mass is 16.2. The van der Waals surface area contributed by atoms with E-state index in [1.54, 1.807) is 0 Å². The van der Waals surface area contributed by atoms with Crippen LogP contribution in [0.15, 0.2) is 24.4 Å². The average Bonchev–Trinajstić information content (AvgIpc) is 3.11. The highest BCUT2D eigenvalue weighted by molar-refractivity contribution is 6.07. The number of piperidine rings is 1. The highest BCUT2D eigenvalue weighted by Gasteiger charge is 2.40. The summed E-state index contributed by atoms with van der Waals surface area (Å²) < 4.78 is 0. The molecule has 2 unspecified atom stereocenters. The van der Waals surface area contributed by atoms with Gasteiger partial charge in [0, 0.05) is 35.4 Å². The van der Waals surface area contributed by atoms with Gasteiger partial charge in [0.2, 0.25) is 0 Å². The lowest BCUT2D eigenvalue weighted by Gasteiger charge is -2.26. The number of aromatic amines is 1. The zero-order chi connectivity index (χ0) is 13.0. The van der Waals surface area contributed by atoms with Gasteiger partial charge in [0.1, 0.15) is 0 Å². The van der Waals surface area contributed by atoms with Crippen LogP contribution in [-0.4, -0.2) is 28.4 Å². The second-order valence-corrected chi connectivity index (χ2v) is 5.80. The number of amides is 1. The maximum absolute atomic E-state index is 12.7. The van der Waals surface area contributed by atoms with E-state index in [-0.39, 0.29) is 5.91 Å². The van der Waals surface area contributed by atoms with Crippen LogP contribution in [0, 0.1) is 5.92 Å². The molecule has 19 heavy (non-hydrogen) atoms. The van der Waals surface area contributed by atoms with Gasteiger partial charge in [-0.2, -0.15) is 0 Å². The van der Waals surface area contributed by atoms with Crippen LogP contribution in [0.4, 0.5) is 5.69 Å². The molecule has 1 aliphatic heterocycles. The van der Waals surface area contributed by atoms with Gasteiger partial charge in [-0.05, 0) is 43.4 Å². The molecule has 1 aromatic heterocycles. The Balaban J connectivity index is 1.72. The van der Waals surface area contributed by atoms with Crippen molar-refractivity contribution >= 4 is 22.5 Å². The standard InChI is InChI=1S/C15H17N3O/c16-10-2-4-12-13(7-17-14(12)6-10)15(19)18-8-9-1-3-11(18)5-9/h2,4,6-7,9,11,17H,1,3,5,8,16H2. The van der Waals surface area contributed by atoms with Crippen molar-refractivity contribution in [3.63, 3.8) is 0 Å². The minimum atomic E-state index is 0.170. The van der Waals surface area contributed by atoms with Gasteiger partial charge in [-0.1, -0.05) is 0 Å². The Kier molecular flexibility index (Phi) is 2.16. The summed E-state index contributed by atoms with van der Waals surface area (Å²) in [6.07, 6.45) is 5.48. The van der Waals surface area contributed by atoms with E-state index in [9.17, 15) is 4.79 Å². The molecule has 2 fully saturated rings. The summed E-state index contributed by atoms with van der Waals surface area (Å²) in [6, 6.07) is 6.13. The summed E-state index contributed by atoms with van der Waals surface area (Å²) in [4.78, 5) is 17.9. The second-order valence-electron chi connectivity index (χ2n) is 5.80. The molecule has 4 rings (SSSR count). The number of H-pyrrole nitrogens is 1. The lowest BCUT2D eigenvalue weighted by atomic mass is 10.1. The van der Waals surface area contributed by atoms with E-state index in [4.69, 9.17) is 5.73 Å². The number of nitrogens with zero attached hydrogens (tertiary/aromatic N) is 1. The molecule has 2 heterocycles. The fraction of sp³-hybridized carbons (Fsp3) is 0.400. The summed E-state index contributed by atoms with van der Waals surface area (Å²) >= 11 is 0. The van der Waals surface area contributed by atoms with Crippen LogP contribution in [0.2, 0.25) is 0 Å². The zero-order valence-corrected chi connectivity index (χ0v) is 10.7. The summed E-state index contributed by atoms with van der Waals surface area (Å²) in [5.74, 6) is 0.901. The summed E-state index contributed by atoms with van der Waals surface area (Å²) in [7, 11) is 0. The largest absolute Gasteiger partial charge is 0.399 e. The molecule has 0 radical (unpaired) electrons. The number of likely N-dealkylation sites (tertiary alicyclic amines) is 1. The van der Waals surface area contributed by atoms with Crippen molar-refractivity contribution in [2.24, 2.45) is 5.92 Å². The number of rotatable bonds is 1. The van der Waals surface area contributed by atoms with Crippen molar-refractivity contribution in [3.8, 4) is 0 Å². The number of fused-ring (bicyclic) bond motifs is 3. The Labute approximate surface area is 111 Å². The molecule has 0 spiro atoms. The number of nitrogens with two attached hydrogens (primary N) is 1. The summed E-state index contributed by atoms with van der Waals surface area (Å²) in [5.41, 5.74) is 8.20. The fourth-order valence-electron chi connectivity index (χ4n) is 3.65. The monoisotopic (exact) mass is 255 g/mol. The van der Waals surface area contributed by atoms with Gasteiger partial charge in [0.05, 0.1) is 5.56 Å². The summed E-state index contributed by atoms with van der Waals surface area (Å²) in [5, 5.41) is 0.974. The zero-order valence-electron chi connectivity index (χ0n) is 10.7. The average molecular weight is 255 g/mol. The van der Waals surface area contributed by atoms with Crippen molar-refractivity contribution in [1.29, 1.82) is 0 Å². The molecule has 4 heteroatoms. The van der Waals surface area contributed by atoms with Crippen molar-refractivity contribution in [3.05, 3.63) is 30.0 Å². The van der Waals surface area contributed by atoms with E-state index in [2.05, 4.69) is 9.88 Å². The van der Waals surface area contributed by atoms with Gasteiger partial charge in [0.15, 0.2) is 0 Å². The number of hydrogen-bond acceptors (Lipinski definition) is 2. The molecule has 2 aliphatic rings. The van der Waals surface area contributed by atoms with Crippen molar-refractivity contribution in [2.75, 3.05) is 12.3 Å². The molecule has 2 aromatic rings. The van der Waals surface area contributed by atoms with Crippen molar-refractivity contribution in [2.45, 2.75) is 25.3 Å². The van der Waals surface area contributed by atoms with Crippen LogP contribution < -0.4 is 5.73 Å². The van der Waals surface area contributed by atoms with Crippen LogP contribution in [0.5, 0.6) is 0 Å². The molecule has 98 valence electrons. The molecule has 1 aromatic carbocycles. The normalized spacial score (nSPS) is 25.4. The van der Waals surface area contributed by atoms with Crippen molar-refractivity contribution in [1.82, 2.24) is 9.88 Å². The number of carbonyl (C=O) groups is 1. The Morgan fingerprint density at radius 2 is 2.26 bits per heavy atom. The third-order valence-electron chi connectivity index (χ3n) is 4.61. The predicted octanol–water partition coefficient (Wildman–Crippen LogP) is 2.37. The lowest BCUT2D eigenvalue weighted by Crippen LogP contribution is -2.37. The maximum Gasteiger partial charge on any atom is 0.256 e. The predicted molar refractivity (Wildman–Crippen MR) is 74.9 cm³/mol. The molecule has 2 bridgehead atoms.